The molecule has 1 aromatic carbocycles. The first kappa shape index (κ1) is 12.0. The van der Waals surface area contributed by atoms with Crippen LogP contribution in [0, 0.1) is 6.92 Å². The molecular weight excluding hydrogens is 230 g/mol. The fraction of sp³-hybridized carbons (Fsp3) is 0.286. The van der Waals surface area contributed by atoms with Gasteiger partial charge in [0.2, 0.25) is 0 Å². The third-order valence-electron chi connectivity index (χ3n) is 2.67. The second kappa shape index (κ2) is 5.23. The fourth-order valence-corrected chi connectivity index (χ4v) is 2.33. The topological polar surface area (TPSA) is 30.0 Å². The predicted octanol–water partition coefficient (Wildman–Crippen LogP) is 3.44. The highest BCUT2D eigenvalue weighted by molar-refractivity contribution is 7.09. The molecule has 0 saturated carbocycles. The number of hydrogen-bond acceptors (Lipinski definition) is 3. The Morgan fingerprint density at radius 3 is 2.88 bits per heavy atom. The maximum atomic E-state index is 12.1. The molecule has 0 fully saturated rings. The molecule has 2 nitrogen and oxygen atoms in total. The average Bonchev–Trinajstić information content (AvgIpc) is 2.75. The summed E-state index contributed by atoms with van der Waals surface area (Å²) in [5.74, 6) is 0.144. The smallest absolute Gasteiger partial charge is 0.168 e. The highest BCUT2D eigenvalue weighted by Gasteiger charge is 2.09. The van der Waals surface area contributed by atoms with E-state index in [0.717, 1.165) is 22.7 Å². The number of nitrogens with zero attached hydrogens (tertiary/aromatic N) is 1. The molecule has 1 heterocycles. The first-order chi connectivity index (χ1) is 8.19. The van der Waals surface area contributed by atoms with Gasteiger partial charge in [-0.15, -0.1) is 11.3 Å². The number of hydrogen-bond donors (Lipinski definition) is 0. The molecule has 1 aromatic heterocycles. The Labute approximate surface area is 105 Å². The van der Waals surface area contributed by atoms with Crippen molar-refractivity contribution >= 4 is 17.1 Å². The summed E-state index contributed by atoms with van der Waals surface area (Å²) in [7, 11) is 0. The van der Waals surface area contributed by atoms with E-state index in [9.17, 15) is 4.79 Å². The summed E-state index contributed by atoms with van der Waals surface area (Å²) in [6, 6.07) is 7.84. The Morgan fingerprint density at radius 2 is 2.24 bits per heavy atom. The van der Waals surface area contributed by atoms with Crippen LogP contribution >= 0.6 is 11.3 Å². The number of aromatic nitrogens is 1. The number of carbonyl (C=O) groups is 1. The van der Waals surface area contributed by atoms with Gasteiger partial charge < -0.3 is 0 Å². The van der Waals surface area contributed by atoms with Crippen LogP contribution in [-0.2, 0) is 12.8 Å². The summed E-state index contributed by atoms with van der Waals surface area (Å²) >= 11 is 1.59. The van der Waals surface area contributed by atoms with Crippen molar-refractivity contribution in [3.8, 4) is 0 Å². The Balaban J connectivity index is 2.14. The van der Waals surface area contributed by atoms with Crippen molar-refractivity contribution in [2.24, 2.45) is 0 Å². The van der Waals surface area contributed by atoms with Crippen LogP contribution in [-0.4, -0.2) is 10.8 Å². The molecule has 0 spiro atoms. The van der Waals surface area contributed by atoms with Gasteiger partial charge in [-0.05, 0) is 25.0 Å². The first-order valence-corrected chi connectivity index (χ1v) is 6.60. The van der Waals surface area contributed by atoms with E-state index in [-0.39, 0.29) is 5.78 Å². The number of rotatable bonds is 4. The zero-order valence-corrected chi connectivity index (χ0v) is 10.9. The lowest BCUT2D eigenvalue weighted by Gasteiger charge is -2.01. The Bertz CT molecular complexity index is 531. The second-order valence-electron chi connectivity index (χ2n) is 4.01. The molecular formula is C14H15NOS. The molecule has 88 valence electrons. The van der Waals surface area contributed by atoms with Crippen LogP contribution in [0.4, 0.5) is 0 Å². The van der Waals surface area contributed by atoms with Crippen molar-refractivity contribution in [3.63, 3.8) is 0 Å². The van der Waals surface area contributed by atoms with Crippen molar-refractivity contribution in [1.82, 2.24) is 4.98 Å². The highest BCUT2D eigenvalue weighted by atomic mass is 32.1. The molecule has 3 heteroatoms. The molecule has 0 bridgehead atoms. The van der Waals surface area contributed by atoms with E-state index in [2.05, 4.69) is 11.9 Å². The quantitative estimate of drug-likeness (QED) is 0.772. The van der Waals surface area contributed by atoms with Gasteiger partial charge >= 0.3 is 0 Å². The largest absolute Gasteiger partial charge is 0.294 e. The number of thiazole rings is 1. The fourth-order valence-electron chi connectivity index (χ4n) is 1.72. The van der Waals surface area contributed by atoms with Crippen molar-refractivity contribution < 1.29 is 4.79 Å². The molecule has 0 aliphatic heterocycles. The molecule has 0 unspecified atom stereocenters. The Hall–Kier alpha value is -1.48. The zero-order valence-electron chi connectivity index (χ0n) is 10.1. The van der Waals surface area contributed by atoms with Gasteiger partial charge in [-0.1, -0.05) is 25.1 Å². The van der Waals surface area contributed by atoms with E-state index in [4.69, 9.17) is 0 Å². The van der Waals surface area contributed by atoms with Crippen molar-refractivity contribution in [2.45, 2.75) is 26.7 Å². The minimum Gasteiger partial charge on any atom is -0.294 e. The summed E-state index contributed by atoms with van der Waals surface area (Å²) in [4.78, 5) is 16.4. The third-order valence-corrected chi connectivity index (χ3v) is 3.49. The lowest BCUT2D eigenvalue weighted by Crippen LogP contribution is -2.04. The van der Waals surface area contributed by atoms with E-state index in [1.165, 1.54) is 5.56 Å². The molecule has 0 aliphatic rings. The maximum absolute atomic E-state index is 12.1. The first-order valence-electron chi connectivity index (χ1n) is 5.72. The Morgan fingerprint density at radius 1 is 1.41 bits per heavy atom. The molecule has 0 radical (unpaired) electrons. The van der Waals surface area contributed by atoms with Gasteiger partial charge in [0, 0.05) is 10.9 Å². The summed E-state index contributed by atoms with van der Waals surface area (Å²) in [5.41, 5.74) is 2.86. The van der Waals surface area contributed by atoms with E-state index in [0.29, 0.717) is 6.42 Å². The molecule has 17 heavy (non-hydrogen) atoms. The maximum Gasteiger partial charge on any atom is 0.168 e. The van der Waals surface area contributed by atoms with E-state index in [1.54, 1.807) is 11.3 Å². The normalized spacial score (nSPS) is 10.5. The van der Waals surface area contributed by atoms with E-state index < -0.39 is 0 Å². The Kier molecular flexibility index (Phi) is 3.69. The van der Waals surface area contributed by atoms with Crippen LogP contribution in [0.5, 0.6) is 0 Å². The number of benzene rings is 1. The summed E-state index contributed by atoms with van der Waals surface area (Å²) in [6.07, 6.45) is 1.36. The van der Waals surface area contributed by atoms with Crippen LogP contribution in [0.2, 0.25) is 0 Å². The third kappa shape index (κ3) is 3.01. The number of carbonyl (C=O) groups excluding carboxylic acids is 1. The van der Waals surface area contributed by atoms with Crippen molar-refractivity contribution in [2.75, 3.05) is 0 Å². The van der Waals surface area contributed by atoms with Crippen LogP contribution < -0.4 is 0 Å². The number of aryl methyl sites for hydroxylation is 2. The second-order valence-corrected chi connectivity index (χ2v) is 5.07. The number of ketones is 1. The molecule has 2 aromatic rings. The molecule has 0 N–H and O–H groups in total. The number of Topliss-reactive ketones (excluding diaryl/α,β-unsaturated/α-hetero) is 1. The SMILES string of the molecule is CCc1cccc(C(=O)Cc2csc(C)n2)c1. The summed E-state index contributed by atoms with van der Waals surface area (Å²) in [6.45, 7) is 4.05. The molecule has 2 rings (SSSR count). The van der Waals surface area contributed by atoms with E-state index >= 15 is 0 Å². The summed E-state index contributed by atoms with van der Waals surface area (Å²) in [5, 5.41) is 2.96. The minimum absolute atomic E-state index is 0.144. The van der Waals surface area contributed by atoms with Crippen molar-refractivity contribution in [3.05, 3.63) is 51.5 Å². The van der Waals surface area contributed by atoms with Gasteiger partial charge in [0.15, 0.2) is 5.78 Å². The molecule has 0 saturated heterocycles. The van der Waals surface area contributed by atoms with Crippen LogP contribution in [0.3, 0.4) is 0 Å². The molecule has 0 amide bonds. The van der Waals surface area contributed by atoms with Crippen molar-refractivity contribution in [1.29, 1.82) is 0 Å². The minimum atomic E-state index is 0.144. The van der Waals surface area contributed by atoms with Gasteiger partial charge in [-0.25, -0.2) is 4.98 Å². The standard InChI is InChI=1S/C14H15NOS/c1-3-11-5-4-6-12(7-11)14(16)8-13-9-17-10(2)15-13/h4-7,9H,3,8H2,1-2H3. The molecule has 0 atom stereocenters. The van der Waals surface area contributed by atoms with Gasteiger partial charge in [0.25, 0.3) is 0 Å². The predicted molar refractivity (Wildman–Crippen MR) is 70.7 cm³/mol. The van der Waals surface area contributed by atoms with Crippen LogP contribution in [0.15, 0.2) is 29.6 Å². The van der Waals surface area contributed by atoms with Crippen LogP contribution in [0.25, 0.3) is 0 Å². The lowest BCUT2D eigenvalue weighted by atomic mass is 10.0. The van der Waals surface area contributed by atoms with Crippen LogP contribution in [0.1, 0.15) is 33.5 Å². The van der Waals surface area contributed by atoms with Gasteiger partial charge in [-0.3, -0.25) is 4.79 Å². The summed E-state index contributed by atoms with van der Waals surface area (Å²) < 4.78 is 0. The zero-order chi connectivity index (χ0) is 12.3. The molecule has 0 aliphatic carbocycles. The average molecular weight is 245 g/mol. The van der Waals surface area contributed by atoms with Gasteiger partial charge in [-0.2, -0.15) is 0 Å². The highest BCUT2D eigenvalue weighted by Crippen LogP contribution is 2.13. The van der Waals surface area contributed by atoms with E-state index in [1.807, 2.05) is 36.6 Å². The van der Waals surface area contributed by atoms with Gasteiger partial charge in [0.1, 0.15) is 0 Å². The van der Waals surface area contributed by atoms with Gasteiger partial charge in [0.05, 0.1) is 17.1 Å². The monoisotopic (exact) mass is 245 g/mol. The lowest BCUT2D eigenvalue weighted by molar-refractivity contribution is 0.0992.